The lowest BCUT2D eigenvalue weighted by molar-refractivity contribution is 1.15. The van der Waals surface area contributed by atoms with Gasteiger partial charge in [0.25, 0.3) is 0 Å². The van der Waals surface area contributed by atoms with E-state index in [1.165, 1.54) is 22.4 Å². The van der Waals surface area contributed by atoms with Crippen LogP contribution in [0.4, 0.5) is 5.69 Å². The number of fused-ring (bicyclic) bond motifs is 2. The Kier molecular flexibility index (Phi) is 2.03. The average Bonchev–Trinajstić information content (AvgIpc) is 2.49. The van der Waals surface area contributed by atoms with Crippen LogP contribution >= 0.6 is 0 Å². The lowest BCUT2D eigenvalue weighted by Gasteiger charge is -2.08. The molecule has 1 nitrogen and oxygen atoms in total. The molecule has 0 saturated carbocycles. The predicted molar refractivity (Wildman–Crippen MR) is 68.3 cm³/mol. The van der Waals surface area contributed by atoms with Crippen LogP contribution in [0.3, 0.4) is 0 Å². The summed E-state index contributed by atoms with van der Waals surface area (Å²) in [6.07, 6.45) is 0. The number of anilines is 1. The molecule has 78 valence electrons. The normalized spacial score (nSPS) is 13.4. The van der Waals surface area contributed by atoms with Crippen molar-refractivity contribution in [2.75, 3.05) is 5.32 Å². The Bertz CT molecular complexity index is 505. The minimum atomic E-state index is 0.867. The Morgan fingerprint density at radius 3 is 2.44 bits per heavy atom. The third-order valence-corrected chi connectivity index (χ3v) is 3.06. The Labute approximate surface area is 95.4 Å². The summed E-state index contributed by atoms with van der Waals surface area (Å²) in [7, 11) is 0. The largest absolute Gasteiger partial charge is 0.380 e. The molecule has 0 radical (unpaired) electrons. The van der Waals surface area contributed by atoms with Crippen molar-refractivity contribution >= 4 is 11.3 Å². The van der Waals surface area contributed by atoms with Crippen LogP contribution in [0.1, 0.15) is 16.7 Å². The van der Waals surface area contributed by atoms with E-state index in [2.05, 4.69) is 60.4 Å². The molecule has 0 fully saturated rings. The molecule has 0 unspecified atom stereocenters. The maximum atomic E-state index is 4.22. The molecule has 16 heavy (non-hydrogen) atoms. The van der Waals surface area contributed by atoms with E-state index in [1.54, 1.807) is 0 Å². The van der Waals surface area contributed by atoms with Crippen LogP contribution in [0, 0.1) is 0 Å². The van der Waals surface area contributed by atoms with E-state index >= 15 is 0 Å². The fraction of sp³-hybridized carbons (Fsp3) is 0.0667. The monoisotopic (exact) mass is 207 g/mol. The number of hydrogen-bond donors (Lipinski definition) is 1. The quantitative estimate of drug-likeness (QED) is 0.695. The molecule has 0 amide bonds. The van der Waals surface area contributed by atoms with Gasteiger partial charge in [0, 0.05) is 17.8 Å². The van der Waals surface area contributed by atoms with E-state index in [1.807, 2.05) is 0 Å². The van der Waals surface area contributed by atoms with Crippen molar-refractivity contribution in [2.45, 2.75) is 6.54 Å². The van der Waals surface area contributed by atoms with Crippen LogP contribution < -0.4 is 5.32 Å². The summed E-state index contributed by atoms with van der Waals surface area (Å²) in [5, 5.41) is 3.45. The lowest BCUT2D eigenvalue weighted by Crippen LogP contribution is -1.98. The average molecular weight is 207 g/mol. The third-order valence-electron chi connectivity index (χ3n) is 3.06. The van der Waals surface area contributed by atoms with Gasteiger partial charge in [0.05, 0.1) is 0 Å². The molecule has 1 heteroatoms. The van der Waals surface area contributed by atoms with Crippen LogP contribution in [-0.4, -0.2) is 0 Å². The highest BCUT2D eigenvalue weighted by atomic mass is 14.9. The van der Waals surface area contributed by atoms with E-state index in [-0.39, 0.29) is 0 Å². The van der Waals surface area contributed by atoms with Crippen molar-refractivity contribution < 1.29 is 0 Å². The molecular formula is C15H13N. The van der Waals surface area contributed by atoms with Crippen LogP contribution in [0.5, 0.6) is 0 Å². The molecule has 0 aliphatic carbocycles. The first-order valence-electron chi connectivity index (χ1n) is 5.47. The van der Waals surface area contributed by atoms with Gasteiger partial charge in [-0.3, -0.25) is 0 Å². The molecule has 0 spiro atoms. The van der Waals surface area contributed by atoms with E-state index in [0.29, 0.717) is 0 Å². The summed E-state index contributed by atoms with van der Waals surface area (Å²) in [4.78, 5) is 0. The van der Waals surface area contributed by atoms with E-state index in [4.69, 9.17) is 0 Å². The fourth-order valence-electron chi connectivity index (χ4n) is 2.20. The number of hydrogen-bond acceptors (Lipinski definition) is 1. The maximum absolute atomic E-state index is 4.22. The van der Waals surface area contributed by atoms with Gasteiger partial charge in [0.2, 0.25) is 0 Å². The van der Waals surface area contributed by atoms with Crippen molar-refractivity contribution in [3.8, 4) is 0 Å². The van der Waals surface area contributed by atoms with Crippen LogP contribution in [0.25, 0.3) is 5.57 Å². The molecule has 0 atom stereocenters. The van der Waals surface area contributed by atoms with Gasteiger partial charge >= 0.3 is 0 Å². The second-order valence-electron chi connectivity index (χ2n) is 4.03. The predicted octanol–water partition coefficient (Wildman–Crippen LogP) is 3.67. The second-order valence-corrected chi connectivity index (χ2v) is 4.03. The highest BCUT2D eigenvalue weighted by Crippen LogP contribution is 2.33. The van der Waals surface area contributed by atoms with Gasteiger partial charge in [-0.15, -0.1) is 0 Å². The van der Waals surface area contributed by atoms with Crippen LogP contribution in [0.2, 0.25) is 0 Å². The zero-order chi connectivity index (χ0) is 11.0. The van der Waals surface area contributed by atoms with Crippen LogP contribution in [-0.2, 0) is 6.54 Å². The first-order valence-corrected chi connectivity index (χ1v) is 5.47. The highest BCUT2D eigenvalue weighted by Gasteiger charge is 2.14. The molecule has 1 N–H and O–H groups in total. The lowest BCUT2D eigenvalue weighted by atomic mass is 9.96. The summed E-state index contributed by atoms with van der Waals surface area (Å²) in [6.45, 7) is 5.08. The van der Waals surface area contributed by atoms with E-state index < -0.39 is 0 Å². The summed E-state index contributed by atoms with van der Waals surface area (Å²) < 4.78 is 0. The molecule has 3 rings (SSSR count). The standard InChI is InChI=1S/C15H13N/c1-11-13-7-3-2-6-12(13)10-16-15-9-5-4-8-14(11)15/h2-9,16H,1,10H2. The molecule has 0 saturated heterocycles. The molecule has 0 aromatic heterocycles. The van der Waals surface area contributed by atoms with Crippen molar-refractivity contribution in [3.05, 3.63) is 71.8 Å². The zero-order valence-corrected chi connectivity index (χ0v) is 9.03. The van der Waals surface area contributed by atoms with Crippen molar-refractivity contribution in [1.82, 2.24) is 0 Å². The molecule has 2 aromatic rings. The van der Waals surface area contributed by atoms with Crippen molar-refractivity contribution in [1.29, 1.82) is 0 Å². The molecule has 0 bridgehead atoms. The van der Waals surface area contributed by atoms with Gasteiger partial charge in [0.15, 0.2) is 0 Å². The highest BCUT2D eigenvalue weighted by molar-refractivity contribution is 5.87. The summed E-state index contributed by atoms with van der Waals surface area (Å²) in [6, 6.07) is 16.8. The van der Waals surface area contributed by atoms with Crippen LogP contribution in [0.15, 0.2) is 55.1 Å². The van der Waals surface area contributed by atoms with E-state index in [9.17, 15) is 0 Å². The van der Waals surface area contributed by atoms with Gasteiger partial charge in [-0.1, -0.05) is 49.0 Å². The number of nitrogens with one attached hydrogen (secondary N) is 1. The minimum absolute atomic E-state index is 0.867. The van der Waals surface area contributed by atoms with Crippen molar-refractivity contribution in [2.24, 2.45) is 0 Å². The van der Waals surface area contributed by atoms with Gasteiger partial charge in [-0.2, -0.15) is 0 Å². The summed E-state index contributed by atoms with van der Waals surface area (Å²) >= 11 is 0. The Morgan fingerprint density at radius 2 is 1.56 bits per heavy atom. The molecule has 1 aliphatic rings. The third kappa shape index (κ3) is 1.33. The summed E-state index contributed by atoms with van der Waals surface area (Å²) in [5.74, 6) is 0. The van der Waals surface area contributed by atoms with Gasteiger partial charge in [-0.25, -0.2) is 0 Å². The number of rotatable bonds is 0. The van der Waals surface area contributed by atoms with Gasteiger partial charge in [0.1, 0.15) is 0 Å². The van der Waals surface area contributed by atoms with Gasteiger partial charge < -0.3 is 5.32 Å². The molecular weight excluding hydrogens is 194 g/mol. The Balaban J connectivity index is 2.22. The molecule has 2 aromatic carbocycles. The van der Waals surface area contributed by atoms with E-state index in [0.717, 1.165) is 12.1 Å². The first-order chi connectivity index (χ1) is 7.86. The zero-order valence-electron chi connectivity index (χ0n) is 9.03. The molecule has 1 aliphatic heterocycles. The first kappa shape index (κ1) is 9.22. The second kappa shape index (κ2) is 3.53. The minimum Gasteiger partial charge on any atom is -0.380 e. The number of benzene rings is 2. The van der Waals surface area contributed by atoms with Crippen molar-refractivity contribution in [3.63, 3.8) is 0 Å². The molecule has 1 heterocycles. The smallest absolute Gasteiger partial charge is 0.0422 e. The maximum Gasteiger partial charge on any atom is 0.0422 e. The number of para-hydroxylation sites is 1. The SMILES string of the molecule is C=C1c2ccccc2CNc2ccccc21. The summed E-state index contributed by atoms with van der Waals surface area (Å²) in [5.41, 5.74) is 6.04. The topological polar surface area (TPSA) is 12.0 Å². The Hall–Kier alpha value is -2.02. The van der Waals surface area contributed by atoms with Gasteiger partial charge in [-0.05, 0) is 22.8 Å². The Morgan fingerprint density at radius 1 is 0.875 bits per heavy atom. The fourth-order valence-corrected chi connectivity index (χ4v) is 2.20.